The van der Waals surface area contributed by atoms with Crippen LogP contribution in [0.4, 0.5) is 10.1 Å². The number of thiophene rings is 1. The fourth-order valence-electron chi connectivity index (χ4n) is 2.37. The van der Waals surface area contributed by atoms with Gasteiger partial charge in [0.25, 0.3) is 0 Å². The maximum absolute atomic E-state index is 13.1. The summed E-state index contributed by atoms with van der Waals surface area (Å²) in [5, 5.41) is 4.61. The Bertz CT molecular complexity index is 706. The molecule has 2 aromatic rings. The van der Waals surface area contributed by atoms with Crippen molar-refractivity contribution in [2.45, 2.75) is 13.5 Å². The van der Waals surface area contributed by atoms with E-state index in [1.165, 1.54) is 18.2 Å². The van der Waals surface area contributed by atoms with Crippen molar-refractivity contribution in [3.8, 4) is 0 Å². The van der Waals surface area contributed by atoms with Gasteiger partial charge in [-0.2, -0.15) is 0 Å². The molecule has 25 heavy (non-hydrogen) atoms. The predicted molar refractivity (Wildman–Crippen MR) is 97.9 cm³/mol. The van der Waals surface area contributed by atoms with Gasteiger partial charge in [0.1, 0.15) is 5.82 Å². The van der Waals surface area contributed by atoms with Gasteiger partial charge in [-0.05, 0) is 43.6 Å². The van der Waals surface area contributed by atoms with Crippen molar-refractivity contribution in [1.29, 1.82) is 0 Å². The Hall–Kier alpha value is -2.25. The smallest absolute Gasteiger partial charge is 0.238 e. The summed E-state index contributed by atoms with van der Waals surface area (Å²) in [6.45, 7) is 3.33. The average Bonchev–Trinajstić information content (AvgIpc) is 3.05. The summed E-state index contributed by atoms with van der Waals surface area (Å²) in [5.41, 5.74) is 0.401. The minimum Gasteiger partial charge on any atom is -0.337 e. The number of carbonyl (C=O) groups is 2. The van der Waals surface area contributed by atoms with E-state index in [1.807, 2.05) is 24.4 Å². The van der Waals surface area contributed by atoms with Crippen LogP contribution in [0.15, 0.2) is 41.8 Å². The zero-order valence-corrected chi connectivity index (χ0v) is 15.2. The van der Waals surface area contributed by atoms with E-state index in [4.69, 9.17) is 0 Å². The number of hydrogen-bond donors (Lipinski definition) is 1. The normalized spacial score (nSPS) is 10.7. The molecule has 5 nitrogen and oxygen atoms in total. The zero-order chi connectivity index (χ0) is 18.2. The van der Waals surface area contributed by atoms with E-state index in [2.05, 4.69) is 5.32 Å². The van der Waals surface area contributed by atoms with E-state index >= 15 is 0 Å². The largest absolute Gasteiger partial charge is 0.337 e. The fraction of sp³-hybridized carbons (Fsp3) is 0.333. The number of nitrogens with zero attached hydrogens (tertiary/aromatic N) is 2. The van der Waals surface area contributed by atoms with Crippen LogP contribution >= 0.6 is 11.3 Å². The summed E-state index contributed by atoms with van der Waals surface area (Å²) in [7, 11) is 1.71. The molecule has 1 heterocycles. The Labute approximate surface area is 151 Å². The van der Waals surface area contributed by atoms with Crippen molar-refractivity contribution in [2.75, 3.05) is 32.0 Å². The van der Waals surface area contributed by atoms with Gasteiger partial charge >= 0.3 is 0 Å². The predicted octanol–water partition coefficient (Wildman–Crippen LogP) is 2.81. The third-order valence-corrected chi connectivity index (χ3v) is 4.45. The summed E-state index contributed by atoms with van der Waals surface area (Å²) >= 11 is 1.61. The van der Waals surface area contributed by atoms with Gasteiger partial charge in [-0.15, -0.1) is 11.3 Å². The molecular weight excluding hydrogens is 341 g/mol. The maximum atomic E-state index is 13.1. The highest BCUT2D eigenvalue weighted by atomic mass is 32.1. The van der Waals surface area contributed by atoms with Crippen LogP contribution in [0, 0.1) is 5.82 Å². The molecule has 0 spiro atoms. The number of halogens is 1. The number of carbonyl (C=O) groups excluding carboxylic acids is 2. The molecule has 0 radical (unpaired) electrons. The fourth-order valence-corrected chi connectivity index (χ4v) is 3.09. The van der Waals surface area contributed by atoms with E-state index < -0.39 is 5.82 Å². The molecule has 2 amide bonds. The van der Waals surface area contributed by atoms with Crippen molar-refractivity contribution in [2.24, 2.45) is 0 Å². The Kier molecular flexibility index (Phi) is 7.09. The molecule has 0 aliphatic carbocycles. The molecule has 134 valence electrons. The maximum Gasteiger partial charge on any atom is 0.238 e. The van der Waals surface area contributed by atoms with Crippen LogP contribution in [0.25, 0.3) is 0 Å². The molecule has 0 bridgehead atoms. The van der Waals surface area contributed by atoms with Crippen molar-refractivity contribution in [3.05, 3.63) is 52.5 Å². The number of anilines is 1. The second-order valence-corrected chi connectivity index (χ2v) is 6.75. The van der Waals surface area contributed by atoms with Gasteiger partial charge in [-0.3, -0.25) is 14.5 Å². The lowest BCUT2D eigenvalue weighted by atomic mass is 10.3. The highest BCUT2D eigenvalue weighted by Crippen LogP contribution is 2.12. The number of benzene rings is 1. The monoisotopic (exact) mass is 363 g/mol. The number of hydrogen-bond acceptors (Lipinski definition) is 4. The molecule has 1 N–H and O–H groups in total. The molecule has 0 unspecified atom stereocenters. The SMILES string of the molecule is CCN(Cc1cccs1)C(=O)CN(C)CC(=O)Nc1cccc(F)c1. The second-order valence-electron chi connectivity index (χ2n) is 5.72. The highest BCUT2D eigenvalue weighted by Gasteiger charge is 2.16. The van der Waals surface area contributed by atoms with E-state index in [9.17, 15) is 14.0 Å². The topological polar surface area (TPSA) is 52.7 Å². The molecule has 2 rings (SSSR count). The minimum absolute atomic E-state index is 0.0306. The first kappa shape index (κ1) is 19.1. The van der Waals surface area contributed by atoms with Gasteiger partial charge < -0.3 is 10.2 Å². The standard InChI is InChI=1S/C18H22FN3O2S/c1-3-22(11-16-8-5-9-25-16)18(24)13-21(2)12-17(23)20-15-7-4-6-14(19)10-15/h4-10H,3,11-13H2,1-2H3,(H,20,23). The van der Waals surface area contributed by atoms with Crippen LogP contribution in [0.1, 0.15) is 11.8 Å². The Balaban J connectivity index is 1.82. The van der Waals surface area contributed by atoms with Crippen LogP contribution in [-0.2, 0) is 16.1 Å². The summed E-state index contributed by atoms with van der Waals surface area (Å²) in [4.78, 5) is 28.9. The van der Waals surface area contributed by atoms with Crippen LogP contribution < -0.4 is 5.32 Å². The van der Waals surface area contributed by atoms with Gasteiger partial charge in [0, 0.05) is 17.1 Å². The first-order valence-electron chi connectivity index (χ1n) is 8.02. The van der Waals surface area contributed by atoms with Crippen molar-refractivity contribution < 1.29 is 14.0 Å². The number of nitrogens with one attached hydrogen (secondary N) is 1. The molecule has 0 aliphatic rings. The van der Waals surface area contributed by atoms with Gasteiger partial charge in [0.15, 0.2) is 0 Å². The second kappa shape index (κ2) is 9.29. The van der Waals surface area contributed by atoms with Gasteiger partial charge in [0.05, 0.1) is 19.6 Å². The molecule has 1 aromatic carbocycles. The lowest BCUT2D eigenvalue weighted by Crippen LogP contribution is -2.41. The molecule has 0 saturated heterocycles. The first-order chi connectivity index (χ1) is 12.0. The van der Waals surface area contributed by atoms with Crippen molar-refractivity contribution in [1.82, 2.24) is 9.80 Å². The summed E-state index contributed by atoms with van der Waals surface area (Å²) in [6, 6.07) is 9.67. The third-order valence-electron chi connectivity index (χ3n) is 3.59. The van der Waals surface area contributed by atoms with Crippen molar-refractivity contribution in [3.63, 3.8) is 0 Å². The highest BCUT2D eigenvalue weighted by molar-refractivity contribution is 7.09. The van der Waals surface area contributed by atoms with Crippen LogP contribution in [0.2, 0.25) is 0 Å². The Morgan fingerprint density at radius 3 is 2.64 bits per heavy atom. The number of amides is 2. The van der Waals surface area contributed by atoms with Crippen LogP contribution in [0.5, 0.6) is 0 Å². The molecular formula is C18H22FN3O2S. The van der Waals surface area contributed by atoms with E-state index in [0.29, 0.717) is 18.8 Å². The average molecular weight is 363 g/mol. The zero-order valence-electron chi connectivity index (χ0n) is 14.4. The summed E-state index contributed by atoms with van der Waals surface area (Å²) in [5.74, 6) is -0.729. The first-order valence-corrected chi connectivity index (χ1v) is 8.90. The molecule has 0 saturated carbocycles. The van der Waals surface area contributed by atoms with Gasteiger partial charge in [-0.1, -0.05) is 12.1 Å². The lowest BCUT2D eigenvalue weighted by Gasteiger charge is -2.23. The Morgan fingerprint density at radius 1 is 1.20 bits per heavy atom. The van der Waals surface area contributed by atoms with Crippen LogP contribution in [-0.4, -0.2) is 48.3 Å². The van der Waals surface area contributed by atoms with Gasteiger partial charge in [-0.25, -0.2) is 4.39 Å². The molecule has 0 fully saturated rings. The minimum atomic E-state index is -0.409. The van der Waals surface area contributed by atoms with E-state index in [0.717, 1.165) is 4.88 Å². The quantitative estimate of drug-likeness (QED) is 0.785. The molecule has 1 aromatic heterocycles. The number of likely N-dealkylation sites (N-methyl/N-ethyl adjacent to an activating group) is 2. The van der Waals surface area contributed by atoms with Crippen LogP contribution in [0.3, 0.4) is 0 Å². The Morgan fingerprint density at radius 2 is 2.00 bits per heavy atom. The lowest BCUT2D eigenvalue weighted by molar-refractivity contribution is -0.132. The molecule has 7 heteroatoms. The third kappa shape index (κ3) is 6.28. The number of rotatable bonds is 8. The van der Waals surface area contributed by atoms with Gasteiger partial charge in [0.2, 0.25) is 11.8 Å². The van der Waals surface area contributed by atoms with E-state index in [1.54, 1.807) is 34.3 Å². The summed E-state index contributed by atoms with van der Waals surface area (Å²) < 4.78 is 13.1. The molecule has 0 atom stereocenters. The summed E-state index contributed by atoms with van der Waals surface area (Å²) in [6.07, 6.45) is 0. The van der Waals surface area contributed by atoms with Crippen molar-refractivity contribution >= 4 is 28.8 Å². The molecule has 0 aliphatic heterocycles. The van der Waals surface area contributed by atoms with E-state index in [-0.39, 0.29) is 24.9 Å².